The van der Waals surface area contributed by atoms with E-state index in [1.165, 1.54) is 6.20 Å². The van der Waals surface area contributed by atoms with E-state index < -0.39 is 0 Å². The summed E-state index contributed by atoms with van der Waals surface area (Å²) in [6.45, 7) is 0.372. The molecule has 0 atom stereocenters. The van der Waals surface area contributed by atoms with Crippen LogP contribution in [-0.4, -0.2) is 23.3 Å². The van der Waals surface area contributed by atoms with Crippen LogP contribution < -0.4 is 10.6 Å². The van der Waals surface area contributed by atoms with Crippen molar-refractivity contribution in [3.63, 3.8) is 0 Å². The normalized spacial score (nSPS) is 9.95. The summed E-state index contributed by atoms with van der Waals surface area (Å²) in [5.41, 5.74) is 1.42. The van der Waals surface area contributed by atoms with Crippen LogP contribution in [0.1, 0.15) is 15.9 Å². The third-order valence-electron chi connectivity index (χ3n) is 2.73. The van der Waals surface area contributed by atoms with E-state index in [0.717, 1.165) is 5.56 Å². The molecule has 1 aromatic heterocycles. The van der Waals surface area contributed by atoms with Gasteiger partial charge in [0.25, 0.3) is 5.91 Å². The summed E-state index contributed by atoms with van der Waals surface area (Å²) >= 11 is 3.19. The van der Waals surface area contributed by atoms with Crippen molar-refractivity contribution in [2.45, 2.75) is 6.54 Å². The minimum atomic E-state index is -0.329. The van der Waals surface area contributed by atoms with Gasteiger partial charge in [-0.15, -0.1) is 0 Å². The second kappa shape index (κ2) is 7.54. The van der Waals surface area contributed by atoms with Gasteiger partial charge in [-0.1, -0.05) is 30.3 Å². The van der Waals surface area contributed by atoms with E-state index in [1.807, 2.05) is 30.3 Å². The molecule has 5 nitrogen and oxygen atoms in total. The van der Waals surface area contributed by atoms with Gasteiger partial charge in [0.05, 0.1) is 12.1 Å². The lowest BCUT2D eigenvalue weighted by Crippen LogP contribution is -2.36. The molecule has 2 N–H and O–H groups in total. The quantitative estimate of drug-likeness (QED) is 0.811. The number of carbonyl (C=O) groups excluding carboxylic acids is 2. The highest BCUT2D eigenvalue weighted by atomic mass is 79.9. The standard InChI is InChI=1S/C15H14BrN3O2/c16-13-7-6-12(9-17-13)15(21)19-10-14(20)18-8-11-4-2-1-3-5-11/h1-7,9H,8,10H2,(H,18,20)(H,19,21). The summed E-state index contributed by atoms with van der Waals surface area (Å²) in [5.74, 6) is -0.567. The number of rotatable bonds is 5. The van der Waals surface area contributed by atoms with Crippen molar-refractivity contribution in [2.75, 3.05) is 6.54 Å². The average Bonchev–Trinajstić information content (AvgIpc) is 2.52. The molecule has 0 saturated carbocycles. The fourth-order valence-electron chi connectivity index (χ4n) is 1.63. The van der Waals surface area contributed by atoms with Gasteiger partial charge in [0.15, 0.2) is 0 Å². The zero-order valence-electron chi connectivity index (χ0n) is 11.2. The Kier molecular flexibility index (Phi) is 5.45. The Bertz CT molecular complexity index is 615. The third kappa shape index (κ3) is 5.00. The lowest BCUT2D eigenvalue weighted by atomic mass is 10.2. The van der Waals surface area contributed by atoms with Gasteiger partial charge < -0.3 is 10.6 Å². The Balaban J connectivity index is 1.76. The molecule has 21 heavy (non-hydrogen) atoms. The maximum absolute atomic E-state index is 11.8. The summed E-state index contributed by atoms with van der Waals surface area (Å²) in [4.78, 5) is 27.4. The Morgan fingerprint density at radius 2 is 1.81 bits per heavy atom. The van der Waals surface area contributed by atoms with Crippen LogP contribution in [0.5, 0.6) is 0 Å². The van der Waals surface area contributed by atoms with Crippen LogP contribution in [0, 0.1) is 0 Å². The van der Waals surface area contributed by atoms with E-state index in [4.69, 9.17) is 0 Å². The van der Waals surface area contributed by atoms with Gasteiger partial charge in [-0.2, -0.15) is 0 Å². The molecular formula is C15H14BrN3O2. The van der Waals surface area contributed by atoms with E-state index in [9.17, 15) is 9.59 Å². The molecule has 2 amide bonds. The summed E-state index contributed by atoms with van der Waals surface area (Å²) < 4.78 is 0.652. The number of halogens is 1. The van der Waals surface area contributed by atoms with Crippen LogP contribution in [0.15, 0.2) is 53.3 Å². The largest absolute Gasteiger partial charge is 0.350 e. The van der Waals surface area contributed by atoms with Gasteiger partial charge in [0, 0.05) is 12.7 Å². The fraction of sp³-hybridized carbons (Fsp3) is 0.133. The molecule has 2 rings (SSSR count). The van der Waals surface area contributed by atoms with E-state index in [-0.39, 0.29) is 18.4 Å². The topological polar surface area (TPSA) is 71.1 Å². The van der Waals surface area contributed by atoms with Gasteiger partial charge in [-0.05, 0) is 33.6 Å². The molecule has 0 aliphatic heterocycles. The number of nitrogens with zero attached hydrogens (tertiary/aromatic N) is 1. The molecule has 0 aliphatic rings. The second-order valence-electron chi connectivity index (χ2n) is 4.31. The Morgan fingerprint density at radius 1 is 1.05 bits per heavy atom. The zero-order chi connectivity index (χ0) is 15.1. The summed E-state index contributed by atoms with van der Waals surface area (Å²) in [6, 6.07) is 12.9. The Morgan fingerprint density at radius 3 is 2.48 bits per heavy atom. The molecular weight excluding hydrogens is 334 g/mol. The van der Waals surface area contributed by atoms with Crippen LogP contribution in [0.3, 0.4) is 0 Å². The van der Waals surface area contributed by atoms with Gasteiger partial charge in [-0.25, -0.2) is 4.98 Å². The average molecular weight is 348 g/mol. The molecule has 0 spiro atoms. The monoisotopic (exact) mass is 347 g/mol. The van der Waals surface area contributed by atoms with Crippen molar-refractivity contribution in [2.24, 2.45) is 0 Å². The summed E-state index contributed by atoms with van der Waals surface area (Å²) in [7, 11) is 0. The minimum absolute atomic E-state index is 0.0677. The van der Waals surface area contributed by atoms with Crippen molar-refractivity contribution in [3.8, 4) is 0 Å². The number of hydrogen-bond acceptors (Lipinski definition) is 3. The highest BCUT2D eigenvalue weighted by Crippen LogP contribution is 2.05. The van der Waals surface area contributed by atoms with Crippen LogP contribution in [-0.2, 0) is 11.3 Å². The lowest BCUT2D eigenvalue weighted by Gasteiger charge is -2.07. The molecule has 2 aromatic rings. The number of aromatic nitrogens is 1. The van der Waals surface area contributed by atoms with E-state index in [1.54, 1.807) is 12.1 Å². The number of nitrogens with one attached hydrogen (secondary N) is 2. The molecule has 6 heteroatoms. The predicted octanol–water partition coefficient (Wildman–Crippen LogP) is 1.89. The molecule has 1 aromatic carbocycles. The molecule has 0 aliphatic carbocycles. The molecule has 0 radical (unpaired) electrons. The first-order chi connectivity index (χ1) is 10.1. The number of benzene rings is 1. The van der Waals surface area contributed by atoms with Crippen molar-refractivity contribution < 1.29 is 9.59 Å². The third-order valence-corrected chi connectivity index (χ3v) is 3.20. The van der Waals surface area contributed by atoms with Crippen LogP contribution in [0.2, 0.25) is 0 Å². The van der Waals surface area contributed by atoms with Crippen LogP contribution in [0.4, 0.5) is 0 Å². The van der Waals surface area contributed by atoms with Crippen LogP contribution >= 0.6 is 15.9 Å². The van der Waals surface area contributed by atoms with Gasteiger partial charge in [0.2, 0.25) is 5.91 Å². The van der Waals surface area contributed by atoms with Gasteiger partial charge >= 0.3 is 0 Å². The Hall–Kier alpha value is -2.21. The predicted molar refractivity (Wildman–Crippen MR) is 82.6 cm³/mol. The zero-order valence-corrected chi connectivity index (χ0v) is 12.8. The van der Waals surface area contributed by atoms with Crippen LogP contribution in [0.25, 0.3) is 0 Å². The summed E-state index contributed by atoms with van der Waals surface area (Å²) in [6.07, 6.45) is 1.45. The second-order valence-corrected chi connectivity index (χ2v) is 5.13. The first-order valence-electron chi connectivity index (χ1n) is 6.35. The smallest absolute Gasteiger partial charge is 0.253 e. The minimum Gasteiger partial charge on any atom is -0.350 e. The van der Waals surface area contributed by atoms with Gasteiger partial charge in [-0.3, -0.25) is 9.59 Å². The fourth-order valence-corrected chi connectivity index (χ4v) is 1.87. The molecule has 0 bridgehead atoms. The SMILES string of the molecule is O=C(CNC(=O)c1ccc(Br)nc1)NCc1ccccc1. The number of carbonyl (C=O) groups is 2. The van der Waals surface area contributed by atoms with Gasteiger partial charge in [0.1, 0.15) is 4.60 Å². The van der Waals surface area contributed by atoms with Crippen molar-refractivity contribution in [1.82, 2.24) is 15.6 Å². The summed E-state index contributed by atoms with van der Waals surface area (Å²) in [5, 5.41) is 5.29. The maximum Gasteiger partial charge on any atom is 0.253 e. The highest BCUT2D eigenvalue weighted by Gasteiger charge is 2.08. The molecule has 0 unspecified atom stereocenters. The van der Waals surface area contributed by atoms with E-state index >= 15 is 0 Å². The van der Waals surface area contributed by atoms with E-state index in [0.29, 0.717) is 16.7 Å². The van der Waals surface area contributed by atoms with Crippen molar-refractivity contribution in [3.05, 3.63) is 64.4 Å². The highest BCUT2D eigenvalue weighted by molar-refractivity contribution is 9.10. The lowest BCUT2D eigenvalue weighted by molar-refractivity contribution is -0.120. The number of amides is 2. The first kappa shape index (κ1) is 15.2. The number of pyridine rings is 1. The molecule has 0 fully saturated rings. The molecule has 1 heterocycles. The molecule has 108 valence electrons. The van der Waals surface area contributed by atoms with E-state index in [2.05, 4.69) is 31.5 Å². The molecule has 0 saturated heterocycles. The van der Waals surface area contributed by atoms with Crippen molar-refractivity contribution in [1.29, 1.82) is 0 Å². The maximum atomic E-state index is 11.8. The van der Waals surface area contributed by atoms with Crippen molar-refractivity contribution >= 4 is 27.7 Å². The number of hydrogen-bond donors (Lipinski definition) is 2. The Labute approximate surface area is 130 Å². The first-order valence-corrected chi connectivity index (χ1v) is 7.15.